The lowest BCUT2D eigenvalue weighted by Gasteiger charge is -2.28. The third kappa shape index (κ3) is 3.50. The van der Waals surface area contributed by atoms with Gasteiger partial charge in [-0.3, -0.25) is 4.79 Å². The lowest BCUT2D eigenvalue weighted by Crippen LogP contribution is -3.12. The van der Waals surface area contributed by atoms with E-state index in [0.717, 1.165) is 32.5 Å². The number of hydrogen-bond donors (Lipinski definition) is 2. The van der Waals surface area contributed by atoms with Crippen molar-refractivity contribution < 1.29 is 9.69 Å². The van der Waals surface area contributed by atoms with Crippen molar-refractivity contribution in [1.82, 2.24) is 0 Å². The smallest absolute Gasteiger partial charge is 0.226 e. The zero-order chi connectivity index (χ0) is 13.0. The van der Waals surface area contributed by atoms with Crippen LogP contribution in [0.15, 0.2) is 29.2 Å². The van der Waals surface area contributed by atoms with Crippen LogP contribution in [0.1, 0.15) is 18.4 Å². The Morgan fingerprint density at radius 3 is 2.78 bits per heavy atom. The first-order valence-corrected chi connectivity index (χ1v) is 7.67. The van der Waals surface area contributed by atoms with Gasteiger partial charge in [-0.15, -0.1) is 11.8 Å². The fraction of sp³-hybridized carbons (Fsp3) is 0.500. The van der Waals surface area contributed by atoms with Crippen molar-refractivity contribution in [2.75, 3.05) is 19.3 Å². The van der Waals surface area contributed by atoms with E-state index in [4.69, 9.17) is 5.73 Å². The Labute approximate surface area is 113 Å². The lowest BCUT2D eigenvalue weighted by molar-refractivity contribution is -0.921. The number of piperidine rings is 1. The molecule has 1 aliphatic rings. The molecule has 0 bridgehead atoms. The second-order valence-corrected chi connectivity index (χ2v) is 5.85. The van der Waals surface area contributed by atoms with Crippen molar-refractivity contribution in [3.8, 4) is 0 Å². The van der Waals surface area contributed by atoms with Gasteiger partial charge in [-0.1, -0.05) is 12.1 Å². The van der Waals surface area contributed by atoms with Gasteiger partial charge < -0.3 is 10.6 Å². The third-order valence-corrected chi connectivity index (χ3v) is 4.38. The summed E-state index contributed by atoms with van der Waals surface area (Å²) in [4.78, 5) is 14.0. The highest BCUT2D eigenvalue weighted by Crippen LogP contribution is 2.14. The van der Waals surface area contributed by atoms with Crippen LogP contribution in [0.25, 0.3) is 0 Å². The second-order valence-electron chi connectivity index (χ2n) is 4.97. The fourth-order valence-corrected chi connectivity index (χ4v) is 2.99. The molecule has 1 unspecified atom stereocenters. The van der Waals surface area contributed by atoms with Crippen LogP contribution >= 0.6 is 11.8 Å². The SMILES string of the molecule is CSc1ccc(C[NH+]2CCC[C@H](C(N)=O)C2)cc1. The minimum absolute atomic E-state index is 0.0687. The van der Waals surface area contributed by atoms with Gasteiger partial charge in [0.05, 0.1) is 19.0 Å². The summed E-state index contributed by atoms with van der Waals surface area (Å²) in [6.07, 6.45) is 4.15. The first-order chi connectivity index (χ1) is 8.69. The average molecular weight is 265 g/mol. The summed E-state index contributed by atoms with van der Waals surface area (Å²) in [5, 5.41) is 0. The summed E-state index contributed by atoms with van der Waals surface area (Å²) in [6.45, 7) is 3.03. The predicted molar refractivity (Wildman–Crippen MR) is 74.5 cm³/mol. The van der Waals surface area contributed by atoms with Crippen molar-refractivity contribution in [2.45, 2.75) is 24.3 Å². The number of likely N-dealkylation sites (tertiary alicyclic amines) is 1. The van der Waals surface area contributed by atoms with Gasteiger partial charge >= 0.3 is 0 Å². The van der Waals surface area contributed by atoms with Gasteiger partial charge in [-0.05, 0) is 31.2 Å². The molecule has 1 aliphatic heterocycles. The summed E-state index contributed by atoms with van der Waals surface area (Å²) in [6, 6.07) is 8.70. The van der Waals surface area contributed by atoms with Crippen LogP contribution in [0.3, 0.4) is 0 Å². The molecule has 1 aromatic carbocycles. The van der Waals surface area contributed by atoms with Gasteiger partial charge in [0.25, 0.3) is 0 Å². The normalized spacial score (nSPS) is 23.8. The van der Waals surface area contributed by atoms with Crippen molar-refractivity contribution in [3.63, 3.8) is 0 Å². The molecule has 4 heteroatoms. The molecule has 0 radical (unpaired) electrons. The Morgan fingerprint density at radius 1 is 1.44 bits per heavy atom. The number of quaternary nitrogens is 1. The summed E-state index contributed by atoms with van der Waals surface area (Å²) in [5.41, 5.74) is 6.75. The molecule has 1 aromatic rings. The van der Waals surface area contributed by atoms with E-state index in [2.05, 4.69) is 30.5 Å². The molecule has 3 nitrogen and oxygen atoms in total. The Bertz CT molecular complexity index is 405. The molecular weight excluding hydrogens is 244 g/mol. The van der Waals surface area contributed by atoms with Crippen molar-refractivity contribution in [3.05, 3.63) is 29.8 Å². The standard InChI is InChI=1S/C14H20N2OS/c1-18-13-6-4-11(5-7-13)9-16-8-2-3-12(10-16)14(15)17/h4-7,12H,2-3,8-10H2,1H3,(H2,15,17)/p+1/t12-/m0/s1. The van der Waals surface area contributed by atoms with Gasteiger partial charge in [0.1, 0.15) is 6.54 Å². The molecule has 2 rings (SSSR count). The maximum Gasteiger partial charge on any atom is 0.226 e. The molecule has 0 spiro atoms. The highest BCUT2D eigenvalue weighted by Gasteiger charge is 2.26. The summed E-state index contributed by atoms with van der Waals surface area (Å²) in [7, 11) is 0. The first kappa shape index (κ1) is 13.4. The van der Waals surface area contributed by atoms with Gasteiger partial charge in [-0.25, -0.2) is 0 Å². The zero-order valence-corrected chi connectivity index (χ0v) is 11.6. The number of nitrogens with one attached hydrogen (secondary N) is 1. The highest BCUT2D eigenvalue weighted by molar-refractivity contribution is 7.98. The van der Waals surface area contributed by atoms with Crippen molar-refractivity contribution in [1.29, 1.82) is 0 Å². The number of amides is 1. The maximum atomic E-state index is 11.2. The Balaban J connectivity index is 1.93. The van der Waals surface area contributed by atoms with E-state index in [1.807, 2.05) is 0 Å². The average Bonchev–Trinajstić information content (AvgIpc) is 2.40. The van der Waals surface area contributed by atoms with Gasteiger partial charge in [0.15, 0.2) is 0 Å². The number of rotatable bonds is 4. The van der Waals surface area contributed by atoms with Gasteiger partial charge in [0.2, 0.25) is 5.91 Å². The molecule has 3 N–H and O–H groups in total. The molecule has 98 valence electrons. The maximum absolute atomic E-state index is 11.2. The number of benzene rings is 1. The molecule has 1 saturated heterocycles. The van der Waals surface area contributed by atoms with Crippen molar-refractivity contribution >= 4 is 17.7 Å². The van der Waals surface area contributed by atoms with Crippen LogP contribution in [-0.2, 0) is 11.3 Å². The summed E-state index contributed by atoms with van der Waals surface area (Å²) in [5.74, 6) is -0.0656. The lowest BCUT2D eigenvalue weighted by atomic mass is 9.97. The number of carbonyl (C=O) groups excluding carboxylic acids is 1. The minimum atomic E-state index is -0.134. The van der Waals surface area contributed by atoms with E-state index in [1.165, 1.54) is 15.4 Å². The Morgan fingerprint density at radius 2 is 2.17 bits per heavy atom. The van der Waals surface area contributed by atoms with E-state index in [-0.39, 0.29) is 11.8 Å². The van der Waals surface area contributed by atoms with Crippen LogP contribution in [0.5, 0.6) is 0 Å². The molecule has 0 aromatic heterocycles. The van der Waals surface area contributed by atoms with Crippen LogP contribution in [0.4, 0.5) is 0 Å². The summed E-state index contributed by atoms with van der Waals surface area (Å²) >= 11 is 1.76. The number of carbonyl (C=O) groups is 1. The minimum Gasteiger partial charge on any atom is -0.369 e. The zero-order valence-electron chi connectivity index (χ0n) is 10.8. The molecular formula is C14H21N2OS+. The third-order valence-electron chi connectivity index (χ3n) is 3.63. The quantitative estimate of drug-likeness (QED) is 0.787. The monoisotopic (exact) mass is 265 g/mol. The van der Waals surface area contributed by atoms with E-state index in [9.17, 15) is 4.79 Å². The molecule has 0 aliphatic carbocycles. The van der Waals surface area contributed by atoms with E-state index in [1.54, 1.807) is 11.8 Å². The number of hydrogen-bond acceptors (Lipinski definition) is 2. The molecule has 2 atom stereocenters. The van der Waals surface area contributed by atoms with Crippen LogP contribution in [0, 0.1) is 5.92 Å². The Hall–Kier alpha value is -1.00. The van der Waals surface area contributed by atoms with Crippen LogP contribution in [-0.4, -0.2) is 25.3 Å². The molecule has 18 heavy (non-hydrogen) atoms. The summed E-state index contributed by atoms with van der Waals surface area (Å²) < 4.78 is 0. The van der Waals surface area contributed by atoms with E-state index in [0.29, 0.717) is 0 Å². The van der Waals surface area contributed by atoms with Gasteiger partial charge in [0, 0.05) is 10.5 Å². The van der Waals surface area contributed by atoms with E-state index >= 15 is 0 Å². The number of thioether (sulfide) groups is 1. The molecule has 1 fully saturated rings. The second kappa shape index (κ2) is 6.25. The van der Waals surface area contributed by atoms with Crippen LogP contribution in [0.2, 0.25) is 0 Å². The van der Waals surface area contributed by atoms with Crippen molar-refractivity contribution in [2.24, 2.45) is 11.7 Å². The molecule has 1 heterocycles. The number of primary amides is 1. The van der Waals surface area contributed by atoms with Crippen LogP contribution < -0.4 is 10.6 Å². The first-order valence-electron chi connectivity index (χ1n) is 6.45. The number of nitrogens with two attached hydrogens (primary N) is 1. The van der Waals surface area contributed by atoms with Gasteiger partial charge in [-0.2, -0.15) is 0 Å². The Kier molecular flexibility index (Phi) is 4.66. The topological polar surface area (TPSA) is 47.5 Å². The van der Waals surface area contributed by atoms with E-state index < -0.39 is 0 Å². The fourth-order valence-electron chi connectivity index (χ4n) is 2.59. The molecule has 0 saturated carbocycles. The predicted octanol–water partition coefficient (Wildman–Crippen LogP) is 0.689. The largest absolute Gasteiger partial charge is 0.369 e. The highest BCUT2D eigenvalue weighted by atomic mass is 32.2. The molecule has 1 amide bonds.